The molecular weight excluding hydrogens is 300 g/mol. The van der Waals surface area contributed by atoms with Crippen molar-refractivity contribution >= 4 is 11.9 Å². The van der Waals surface area contributed by atoms with E-state index in [0.29, 0.717) is 12.0 Å². The highest BCUT2D eigenvalue weighted by molar-refractivity contribution is 5.91. The quantitative estimate of drug-likeness (QED) is 0.414. The maximum Gasteiger partial charge on any atom is 0.334 e. The second-order valence-corrected chi connectivity index (χ2v) is 7.58. The lowest BCUT2D eigenvalue weighted by atomic mass is 9.79. The van der Waals surface area contributed by atoms with Gasteiger partial charge in [0.15, 0.2) is 0 Å². The van der Waals surface area contributed by atoms with Crippen LogP contribution in [0.5, 0.6) is 0 Å². The number of esters is 2. The van der Waals surface area contributed by atoms with Crippen LogP contribution in [0.3, 0.4) is 0 Å². The molecule has 4 rings (SSSR count). The predicted octanol–water partition coefficient (Wildman–Crippen LogP) is 1.51. The monoisotopic (exact) mass is 322 g/mol. The molecule has 1 aliphatic carbocycles. The highest BCUT2D eigenvalue weighted by Gasteiger charge is 2.66. The maximum atomic E-state index is 12.1. The molecule has 4 aliphatic rings. The normalized spacial score (nSPS) is 51.0. The van der Waals surface area contributed by atoms with Crippen LogP contribution in [-0.4, -0.2) is 47.6 Å². The summed E-state index contributed by atoms with van der Waals surface area (Å²) in [5.41, 5.74) is -0.270. The molecule has 0 bridgehead atoms. The summed E-state index contributed by atoms with van der Waals surface area (Å²) in [6.45, 7) is 9.31. The highest BCUT2D eigenvalue weighted by atomic mass is 16.7. The largest absolute Gasteiger partial charge is 0.462 e. The average Bonchev–Trinajstić information content (AvgIpc) is 3.27. The summed E-state index contributed by atoms with van der Waals surface area (Å²) in [7, 11) is 0. The highest BCUT2D eigenvalue weighted by Crippen LogP contribution is 2.54. The van der Waals surface area contributed by atoms with Gasteiger partial charge in [-0.25, -0.2) is 4.79 Å². The first-order valence-electron chi connectivity index (χ1n) is 8.16. The van der Waals surface area contributed by atoms with Crippen molar-refractivity contribution in [2.45, 2.75) is 75.7 Å². The van der Waals surface area contributed by atoms with Crippen LogP contribution in [0.4, 0.5) is 0 Å². The van der Waals surface area contributed by atoms with E-state index < -0.39 is 18.2 Å². The van der Waals surface area contributed by atoms with E-state index in [1.807, 2.05) is 13.8 Å². The Morgan fingerprint density at radius 2 is 2.04 bits per heavy atom. The van der Waals surface area contributed by atoms with E-state index in [1.165, 1.54) is 6.92 Å². The Morgan fingerprint density at radius 1 is 1.30 bits per heavy atom. The van der Waals surface area contributed by atoms with Crippen molar-refractivity contribution in [2.24, 2.45) is 5.92 Å². The van der Waals surface area contributed by atoms with E-state index in [2.05, 4.69) is 6.58 Å². The molecule has 4 fully saturated rings. The average molecular weight is 322 g/mol. The summed E-state index contributed by atoms with van der Waals surface area (Å²) in [6, 6.07) is 0. The van der Waals surface area contributed by atoms with Crippen molar-refractivity contribution in [2.75, 3.05) is 0 Å². The Morgan fingerprint density at radius 3 is 2.74 bits per heavy atom. The number of rotatable bonds is 1. The second-order valence-electron chi connectivity index (χ2n) is 7.58. The Hall–Kier alpha value is -1.40. The molecule has 3 heterocycles. The number of fused-ring (bicyclic) bond motifs is 4. The van der Waals surface area contributed by atoms with Gasteiger partial charge in [0.1, 0.15) is 18.3 Å². The van der Waals surface area contributed by atoms with E-state index in [-0.39, 0.29) is 35.3 Å². The third kappa shape index (κ3) is 2.31. The summed E-state index contributed by atoms with van der Waals surface area (Å²) in [4.78, 5) is 23.6. The summed E-state index contributed by atoms with van der Waals surface area (Å²) in [6.07, 6.45) is 1.34. The zero-order chi connectivity index (χ0) is 16.6. The molecule has 6 heteroatoms. The van der Waals surface area contributed by atoms with E-state index in [1.54, 1.807) is 0 Å². The molecular formula is C17H22O6. The summed E-state index contributed by atoms with van der Waals surface area (Å²) in [5.74, 6) is -1.18. The molecule has 126 valence electrons. The van der Waals surface area contributed by atoms with Crippen LogP contribution in [0.15, 0.2) is 12.2 Å². The molecule has 6 nitrogen and oxygen atoms in total. The SMILES string of the molecule is C=C1C(=O)O[C@H]2[C@H]1[C@H](OC(C)=O)C[C@]1(C)O[C@H]1CC[C@@]1(C)O[C@@H]21. The lowest BCUT2D eigenvalue weighted by Crippen LogP contribution is -2.40. The Balaban J connectivity index is 1.69. The Bertz CT molecular complexity index is 600. The lowest BCUT2D eigenvalue weighted by molar-refractivity contribution is -0.151. The standard InChI is InChI=1S/C17H22O6/c1-8-12-10(20-9(2)18)7-17(4)11(22-17)5-6-16(3)14(23-16)13(12)21-15(8)19/h10-14H,1,5-7H2,2-4H3/t10-,11+,12-,13+,14+,16-,17+/m1/s1. The molecule has 0 amide bonds. The van der Waals surface area contributed by atoms with Crippen LogP contribution in [0.1, 0.15) is 40.0 Å². The number of carbonyl (C=O) groups excluding carboxylic acids is 2. The fourth-order valence-electron chi connectivity index (χ4n) is 4.27. The van der Waals surface area contributed by atoms with Crippen molar-refractivity contribution in [1.82, 2.24) is 0 Å². The van der Waals surface area contributed by atoms with Gasteiger partial charge in [-0.15, -0.1) is 0 Å². The van der Waals surface area contributed by atoms with Gasteiger partial charge in [-0.1, -0.05) is 6.58 Å². The number of epoxide rings is 2. The van der Waals surface area contributed by atoms with Crippen LogP contribution in [-0.2, 0) is 28.5 Å². The fourth-order valence-corrected chi connectivity index (χ4v) is 4.27. The molecule has 0 radical (unpaired) electrons. The van der Waals surface area contributed by atoms with Gasteiger partial charge < -0.3 is 18.9 Å². The van der Waals surface area contributed by atoms with Gasteiger partial charge in [-0.3, -0.25) is 4.79 Å². The van der Waals surface area contributed by atoms with Crippen molar-refractivity contribution < 1.29 is 28.5 Å². The second kappa shape index (κ2) is 4.57. The number of carbonyl (C=O) groups is 2. The van der Waals surface area contributed by atoms with Gasteiger partial charge in [0, 0.05) is 18.9 Å². The predicted molar refractivity (Wildman–Crippen MR) is 78.5 cm³/mol. The minimum absolute atomic E-state index is 0.144. The molecule has 0 aromatic heterocycles. The van der Waals surface area contributed by atoms with E-state index in [9.17, 15) is 9.59 Å². The molecule has 0 unspecified atom stereocenters. The molecule has 1 saturated carbocycles. The minimum Gasteiger partial charge on any atom is -0.462 e. The Labute approximate surface area is 135 Å². The summed E-state index contributed by atoms with van der Waals surface area (Å²) < 4.78 is 22.8. The van der Waals surface area contributed by atoms with E-state index in [0.717, 1.165) is 12.8 Å². The van der Waals surface area contributed by atoms with Gasteiger partial charge in [0.05, 0.1) is 23.2 Å². The first-order valence-corrected chi connectivity index (χ1v) is 8.16. The van der Waals surface area contributed by atoms with E-state index in [4.69, 9.17) is 18.9 Å². The fraction of sp³-hybridized carbons (Fsp3) is 0.765. The molecule has 3 aliphatic heterocycles. The number of hydrogen-bond donors (Lipinski definition) is 0. The van der Waals surface area contributed by atoms with Crippen molar-refractivity contribution in [3.63, 3.8) is 0 Å². The van der Waals surface area contributed by atoms with Crippen LogP contribution in [0.2, 0.25) is 0 Å². The van der Waals surface area contributed by atoms with Crippen molar-refractivity contribution in [3.05, 3.63) is 12.2 Å². The molecule has 0 aromatic carbocycles. The lowest BCUT2D eigenvalue weighted by Gasteiger charge is -2.28. The van der Waals surface area contributed by atoms with Crippen molar-refractivity contribution in [3.8, 4) is 0 Å². The van der Waals surface area contributed by atoms with Crippen LogP contribution in [0, 0.1) is 5.92 Å². The van der Waals surface area contributed by atoms with E-state index >= 15 is 0 Å². The molecule has 3 saturated heterocycles. The van der Waals surface area contributed by atoms with Gasteiger partial charge >= 0.3 is 11.9 Å². The van der Waals surface area contributed by atoms with Crippen molar-refractivity contribution in [1.29, 1.82) is 0 Å². The summed E-state index contributed by atoms with van der Waals surface area (Å²) >= 11 is 0. The first kappa shape index (κ1) is 15.1. The van der Waals surface area contributed by atoms with Gasteiger partial charge in [-0.2, -0.15) is 0 Å². The first-order chi connectivity index (χ1) is 10.7. The molecule has 0 N–H and O–H groups in total. The smallest absolute Gasteiger partial charge is 0.334 e. The summed E-state index contributed by atoms with van der Waals surface area (Å²) in [5, 5.41) is 0. The van der Waals surface area contributed by atoms with Gasteiger partial charge in [-0.05, 0) is 26.7 Å². The van der Waals surface area contributed by atoms with Gasteiger partial charge in [0.25, 0.3) is 0 Å². The molecule has 23 heavy (non-hydrogen) atoms. The zero-order valence-electron chi connectivity index (χ0n) is 13.7. The number of ether oxygens (including phenoxy) is 4. The minimum atomic E-state index is -0.488. The Kier molecular flexibility index (Phi) is 3.01. The van der Waals surface area contributed by atoms with Gasteiger partial charge in [0.2, 0.25) is 0 Å². The topological polar surface area (TPSA) is 77.7 Å². The van der Waals surface area contributed by atoms with Crippen LogP contribution >= 0.6 is 0 Å². The zero-order valence-corrected chi connectivity index (χ0v) is 13.7. The molecule has 7 atom stereocenters. The third-order valence-electron chi connectivity index (χ3n) is 5.76. The maximum absolute atomic E-state index is 12.1. The van der Waals surface area contributed by atoms with Crippen LogP contribution in [0.25, 0.3) is 0 Å². The third-order valence-corrected chi connectivity index (χ3v) is 5.76. The number of hydrogen-bond acceptors (Lipinski definition) is 6. The van der Waals surface area contributed by atoms with Crippen LogP contribution < -0.4 is 0 Å². The molecule has 0 aromatic rings. The molecule has 0 spiro atoms.